The molecule has 0 aliphatic carbocycles. The summed E-state index contributed by atoms with van der Waals surface area (Å²) in [5.74, 6) is -0.368. The van der Waals surface area contributed by atoms with Gasteiger partial charge in [0.05, 0.1) is 5.02 Å². The van der Waals surface area contributed by atoms with Crippen LogP contribution in [0, 0.1) is 18.7 Å². The monoisotopic (exact) mass is 292 g/mol. The number of aryl methyl sites for hydroxylation is 1. The molecule has 3 heteroatoms. The molecule has 2 aromatic rings. The Bertz CT molecular complexity index is 583. The second-order valence-corrected chi connectivity index (χ2v) is 5.47. The summed E-state index contributed by atoms with van der Waals surface area (Å²) in [7, 11) is 0. The van der Waals surface area contributed by atoms with Gasteiger partial charge in [-0.3, -0.25) is 0 Å². The van der Waals surface area contributed by atoms with Gasteiger partial charge in [0.15, 0.2) is 0 Å². The number of hydrogen-bond acceptors (Lipinski definition) is 1. The smallest absolute Gasteiger partial charge is 0.142 e. The van der Waals surface area contributed by atoms with Gasteiger partial charge in [-0.25, -0.2) is 4.39 Å². The lowest BCUT2D eigenvalue weighted by atomic mass is 9.91. The molecule has 106 valence electrons. The number of aliphatic hydroxyl groups excluding tert-OH is 1. The number of halogens is 2. The lowest BCUT2D eigenvalue weighted by molar-refractivity contribution is 0.225. The fourth-order valence-electron chi connectivity index (χ4n) is 2.37. The van der Waals surface area contributed by atoms with Crippen LogP contribution in [0.15, 0.2) is 42.5 Å². The van der Waals surface area contributed by atoms with E-state index in [1.165, 1.54) is 17.2 Å². The molecule has 2 aromatic carbocycles. The zero-order valence-corrected chi connectivity index (χ0v) is 12.2. The van der Waals surface area contributed by atoms with E-state index in [4.69, 9.17) is 11.6 Å². The van der Waals surface area contributed by atoms with Gasteiger partial charge < -0.3 is 5.11 Å². The van der Waals surface area contributed by atoms with Crippen molar-refractivity contribution in [2.75, 3.05) is 6.61 Å². The standard InChI is InChI=1S/C17H18ClFO/c1-12-5-2-3-6-14(12)9-13(11-20)10-15-7-4-8-16(19)17(15)18/h2-8,13,20H,9-11H2,1H3. The first-order valence-corrected chi connectivity index (χ1v) is 7.08. The van der Waals surface area contributed by atoms with Gasteiger partial charge in [0.2, 0.25) is 0 Å². The molecule has 1 unspecified atom stereocenters. The third-order valence-corrected chi connectivity index (χ3v) is 3.99. The third kappa shape index (κ3) is 3.59. The first kappa shape index (κ1) is 15.0. The first-order chi connectivity index (χ1) is 9.61. The van der Waals surface area contributed by atoms with Crippen LogP contribution in [0.1, 0.15) is 16.7 Å². The van der Waals surface area contributed by atoms with E-state index >= 15 is 0 Å². The number of aliphatic hydroxyl groups is 1. The summed E-state index contributed by atoms with van der Waals surface area (Å²) in [6, 6.07) is 12.9. The molecule has 0 aliphatic heterocycles. The minimum atomic E-state index is -0.406. The van der Waals surface area contributed by atoms with Gasteiger partial charge in [-0.05, 0) is 48.4 Å². The van der Waals surface area contributed by atoms with E-state index < -0.39 is 5.82 Å². The summed E-state index contributed by atoms with van der Waals surface area (Å²) >= 11 is 5.97. The van der Waals surface area contributed by atoms with Gasteiger partial charge in [-0.15, -0.1) is 0 Å². The lowest BCUT2D eigenvalue weighted by Gasteiger charge is -2.16. The van der Waals surface area contributed by atoms with Crippen molar-refractivity contribution in [2.24, 2.45) is 5.92 Å². The predicted molar refractivity (Wildman–Crippen MR) is 80.6 cm³/mol. The zero-order valence-electron chi connectivity index (χ0n) is 11.4. The largest absolute Gasteiger partial charge is 0.396 e. The molecule has 0 bridgehead atoms. The van der Waals surface area contributed by atoms with E-state index in [0.29, 0.717) is 6.42 Å². The highest BCUT2D eigenvalue weighted by Crippen LogP contribution is 2.24. The second-order valence-electron chi connectivity index (χ2n) is 5.10. The fraction of sp³-hybridized carbons (Fsp3) is 0.294. The molecule has 0 fully saturated rings. The lowest BCUT2D eigenvalue weighted by Crippen LogP contribution is -2.14. The van der Waals surface area contributed by atoms with Crippen LogP contribution in [0.4, 0.5) is 4.39 Å². The van der Waals surface area contributed by atoms with Gasteiger partial charge in [-0.1, -0.05) is 48.0 Å². The Balaban J connectivity index is 2.14. The van der Waals surface area contributed by atoms with Gasteiger partial charge >= 0.3 is 0 Å². The van der Waals surface area contributed by atoms with Crippen LogP contribution in [0.25, 0.3) is 0 Å². The van der Waals surface area contributed by atoms with E-state index in [-0.39, 0.29) is 17.5 Å². The van der Waals surface area contributed by atoms with Crippen molar-refractivity contribution in [3.8, 4) is 0 Å². The van der Waals surface area contributed by atoms with Crippen LogP contribution >= 0.6 is 11.6 Å². The van der Waals surface area contributed by atoms with Gasteiger partial charge in [0.25, 0.3) is 0 Å². The molecule has 0 saturated heterocycles. The molecule has 0 aliphatic rings. The van der Waals surface area contributed by atoms with Gasteiger partial charge in [0, 0.05) is 6.61 Å². The SMILES string of the molecule is Cc1ccccc1CC(CO)Cc1cccc(F)c1Cl. The van der Waals surface area contributed by atoms with E-state index in [9.17, 15) is 9.50 Å². The molecule has 0 heterocycles. The van der Waals surface area contributed by atoms with Gasteiger partial charge in [-0.2, -0.15) is 0 Å². The van der Waals surface area contributed by atoms with Gasteiger partial charge in [0.1, 0.15) is 5.82 Å². The van der Waals surface area contributed by atoms with Crippen LogP contribution in [0.3, 0.4) is 0 Å². The van der Waals surface area contributed by atoms with E-state index in [1.807, 2.05) is 18.2 Å². The predicted octanol–water partition coefficient (Wildman–Crippen LogP) is 4.18. The molecule has 1 N–H and O–H groups in total. The Kier molecular flexibility index (Phi) is 5.16. The van der Waals surface area contributed by atoms with Crippen molar-refractivity contribution in [1.82, 2.24) is 0 Å². The third-order valence-electron chi connectivity index (χ3n) is 3.57. The van der Waals surface area contributed by atoms with Crippen LogP contribution in [0.5, 0.6) is 0 Å². The summed E-state index contributed by atoms with van der Waals surface area (Å²) in [5, 5.41) is 9.73. The number of hydrogen-bond donors (Lipinski definition) is 1. The summed E-state index contributed by atoms with van der Waals surface area (Å²) < 4.78 is 13.4. The van der Waals surface area contributed by atoms with Crippen LogP contribution in [-0.4, -0.2) is 11.7 Å². The van der Waals surface area contributed by atoms with Crippen LogP contribution in [-0.2, 0) is 12.8 Å². The Hall–Kier alpha value is -1.38. The number of benzene rings is 2. The van der Waals surface area contributed by atoms with Crippen molar-refractivity contribution < 1.29 is 9.50 Å². The maximum absolute atomic E-state index is 13.4. The molecule has 0 amide bonds. The van der Waals surface area contributed by atoms with Crippen molar-refractivity contribution in [3.63, 3.8) is 0 Å². The van der Waals surface area contributed by atoms with Crippen molar-refractivity contribution in [1.29, 1.82) is 0 Å². The molecule has 0 spiro atoms. The molecule has 0 aromatic heterocycles. The highest BCUT2D eigenvalue weighted by molar-refractivity contribution is 6.31. The summed E-state index contributed by atoms with van der Waals surface area (Å²) in [6.07, 6.45) is 1.33. The maximum atomic E-state index is 13.4. The summed E-state index contributed by atoms with van der Waals surface area (Å²) in [6.45, 7) is 2.11. The van der Waals surface area contributed by atoms with E-state index in [2.05, 4.69) is 19.1 Å². The minimum Gasteiger partial charge on any atom is -0.396 e. The zero-order chi connectivity index (χ0) is 14.5. The molecule has 0 radical (unpaired) electrons. The highest BCUT2D eigenvalue weighted by Gasteiger charge is 2.14. The maximum Gasteiger partial charge on any atom is 0.142 e. The Morgan fingerprint density at radius 2 is 1.70 bits per heavy atom. The molecule has 0 saturated carbocycles. The molecule has 2 rings (SSSR count). The average molecular weight is 293 g/mol. The summed E-state index contributed by atoms with van der Waals surface area (Å²) in [5.41, 5.74) is 3.16. The quantitative estimate of drug-likeness (QED) is 0.876. The van der Waals surface area contributed by atoms with Crippen molar-refractivity contribution in [3.05, 3.63) is 70.0 Å². The van der Waals surface area contributed by atoms with Crippen LogP contribution in [0.2, 0.25) is 5.02 Å². The Morgan fingerprint density at radius 1 is 1.05 bits per heavy atom. The Morgan fingerprint density at radius 3 is 2.40 bits per heavy atom. The fourth-order valence-corrected chi connectivity index (χ4v) is 2.57. The molecular formula is C17H18ClFO. The van der Waals surface area contributed by atoms with Crippen LogP contribution < -0.4 is 0 Å². The van der Waals surface area contributed by atoms with Crippen molar-refractivity contribution >= 4 is 11.6 Å². The highest BCUT2D eigenvalue weighted by atomic mass is 35.5. The molecule has 1 nitrogen and oxygen atoms in total. The minimum absolute atomic E-state index is 0.0374. The molecule has 1 atom stereocenters. The normalized spacial score (nSPS) is 12.4. The Labute approximate surface area is 124 Å². The molecular weight excluding hydrogens is 275 g/mol. The number of rotatable bonds is 5. The average Bonchev–Trinajstić information content (AvgIpc) is 2.45. The molecule has 20 heavy (non-hydrogen) atoms. The van der Waals surface area contributed by atoms with E-state index in [0.717, 1.165) is 12.0 Å². The first-order valence-electron chi connectivity index (χ1n) is 6.70. The summed E-state index contributed by atoms with van der Waals surface area (Å²) in [4.78, 5) is 0. The van der Waals surface area contributed by atoms with Crippen molar-refractivity contribution in [2.45, 2.75) is 19.8 Å². The van der Waals surface area contributed by atoms with E-state index in [1.54, 1.807) is 6.07 Å². The second kappa shape index (κ2) is 6.87. The topological polar surface area (TPSA) is 20.2 Å².